The Morgan fingerprint density at radius 3 is 2.60 bits per heavy atom. The second kappa shape index (κ2) is 9.52. The lowest BCUT2D eigenvalue weighted by atomic mass is 9.97. The van der Waals surface area contributed by atoms with Gasteiger partial charge in [0.15, 0.2) is 11.5 Å². The molecule has 1 fully saturated rings. The minimum absolute atomic E-state index is 0.00189. The fraction of sp³-hybridized carbons (Fsp3) is 0.480. The number of hydrogen-bond donors (Lipinski definition) is 1. The largest absolute Gasteiger partial charge is 0.493 e. The molecule has 0 radical (unpaired) electrons. The summed E-state index contributed by atoms with van der Waals surface area (Å²) in [6.45, 7) is 5.74. The number of benzene rings is 2. The number of ether oxygens (including phenoxy) is 2. The second-order valence-electron chi connectivity index (χ2n) is 8.50. The highest BCUT2D eigenvalue weighted by Crippen LogP contribution is 2.38. The summed E-state index contributed by atoms with van der Waals surface area (Å²) in [5.41, 5.74) is 5.03. The number of methoxy groups -OCH3 is 1. The number of nitrogens with one attached hydrogen (secondary N) is 1. The van der Waals surface area contributed by atoms with E-state index in [1.807, 2.05) is 0 Å². The standard InChI is InChI=1S/C25H32N2O3/c1-18(28)26-15-20-5-7-21(8-6-20)16-27-13-11-23-22(17-27)9-10-24(25(23)29-2)30-14-12-19-3-4-19/h5-10,19H,3-4,11-17H2,1-2H3,(H,26,28). The van der Waals surface area contributed by atoms with Gasteiger partial charge in [0.05, 0.1) is 13.7 Å². The van der Waals surface area contributed by atoms with Gasteiger partial charge in [-0.15, -0.1) is 0 Å². The first-order valence-electron chi connectivity index (χ1n) is 11.0. The summed E-state index contributed by atoms with van der Waals surface area (Å²) >= 11 is 0. The van der Waals surface area contributed by atoms with Crippen molar-refractivity contribution in [3.05, 3.63) is 58.7 Å². The Morgan fingerprint density at radius 2 is 1.90 bits per heavy atom. The number of rotatable bonds is 9. The van der Waals surface area contributed by atoms with E-state index in [1.54, 1.807) is 14.0 Å². The fourth-order valence-electron chi connectivity index (χ4n) is 4.12. The van der Waals surface area contributed by atoms with Crippen molar-refractivity contribution >= 4 is 5.91 Å². The van der Waals surface area contributed by atoms with E-state index in [0.717, 1.165) is 62.1 Å². The van der Waals surface area contributed by atoms with Crippen molar-refractivity contribution in [1.29, 1.82) is 0 Å². The Hall–Kier alpha value is -2.53. The van der Waals surface area contributed by atoms with Crippen LogP contribution in [-0.4, -0.2) is 31.1 Å². The van der Waals surface area contributed by atoms with Crippen molar-refractivity contribution in [3.8, 4) is 11.5 Å². The lowest BCUT2D eigenvalue weighted by Gasteiger charge is -2.30. The maximum absolute atomic E-state index is 11.1. The van der Waals surface area contributed by atoms with Crippen molar-refractivity contribution < 1.29 is 14.3 Å². The summed E-state index contributed by atoms with van der Waals surface area (Å²) in [6.07, 6.45) is 4.84. The molecule has 1 saturated carbocycles. The third-order valence-corrected chi connectivity index (χ3v) is 6.05. The Bertz CT molecular complexity index is 875. The highest BCUT2D eigenvalue weighted by Gasteiger charge is 2.24. The van der Waals surface area contributed by atoms with Gasteiger partial charge in [-0.1, -0.05) is 43.2 Å². The van der Waals surface area contributed by atoms with Crippen LogP contribution in [0.15, 0.2) is 36.4 Å². The van der Waals surface area contributed by atoms with Gasteiger partial charge in [0, 0.05) is 38.7 Å². The molecule has 0 unspecified atom stereocenters. The van der Waals surface area contributed by atoms with Crippen molar-refractivity contribution in [2.45, 2.75) is 52.2 Å². The number of fused-ring (bicyclic) bond motifs is 1. The number of carbonyl (C=O) groups excluding carboxylic acids is 1. The van der Waals surface area contributed by atoms with Crippen LogP contribution < -0.4 is 14.8 Å². The molecule has 1 heterocycles. The molecule has 1 aliphatic heterocycles. The van der Waals surface area contributed by atoms with Crippen LogP contribution in [0.4, 0.5) is 0 Å². The first-order valence-corrected chi connectivity index (χ1v) is 11.0. The Labute approximate surface area is 179 Å². The molecule has 30 heavy (non-hydrogen) atoms. The molecule has 0 aromatic heterocycles. The maximum Gasteiger partial charge on any atom is 0.217 e. The maximum atomic E-state index is 11.1. The normalized spacial score (nSPS) is 16.1. The molecule has 2 aromatic rings. The Kier molecular flexibility index (Phi) is 6.58. The van der Waals surface area contributed by atoms with Gasteiger partial charge >= 0.3 is 0 Å². The molecule has 0 saturated heterocycles. The van der Waals surface area contributed by atoms with Crippen LogP contribution >= 0.6 is 0 Å². The van der Waals surface area contributed by atoms with Gasteiger partial charge in [0.2, 0.25) is 5.91 Å². The van der Waals surface area contributed by atoms with Gasteiger partial charge in [-0.25, -0.2) is 0 Å². The first kappa shape index (κ1) is 20.7. The van der Waals surface area contributed by atoms with Crippen LogP contribution in [0.1, 0.15) is 48.4 Å². The number of amides is 1. The lowest BCUT2D eigenvalue weighted by Crippen LogP contribution is -2.30. The van der Waals surface area contributed by atoms with Crippen LogP contribution in [-0.2, 0) is 30.8 Å². The molecule has 5 heteroatoms. The Balaban J connectivity index is 1.36. The molecule has 0 atom stereocenters. The van der Waals surface area contributed by atoms with E-state index in [2.05, 4.69) is 46.6 Å². The summed E-state index contributed by atoms with van der Waals surface area (Å²) in [5.74, 6) is 2.69. The van der Waals surface area contributed by atoms with E-state index < -0.39 is 0 Å². The average molecular weight is 409 g/mol. The van der Waals surface area contributed by atoms with Gasteiger partial charge < -0.3 is 14.8 Å². The first-order chi connectivity index (χ1) is 14.6. The molecule has 2 aliphatic rings. The second-order valence-corrected chi connectivity index (χ2v) is 8.50. The highest BCUT2D eigenvalue weighted by molar-refractivity contribution is 5.72. The molecule has 1 aliphatic carbocycles. The summed E-state index contributed by atoms with van der Waals surface area (Å²) in [6, 6.07) is 12.8. The van der Waals surface area contributed by atoms with Gasteiger partial charge in [-0.05, 0) is 41.5 Å². The summed E-state index contributed by atoms with van der Waals surface area (Å²) < 4.78 is 11.8. The molecule has 1 N–H and O–H groups in total. The predicted octanol–water partition coefficient (Wildman–Crippen LogP) is 4.07. The van der Waals surface area contributed by atoms with E-state index in [0.29, 0.717) is 6.54 Å². The summed E-state index contributed by atoms with van der Waals surface area (Å²) in [5, 5.41) is 2.84. The Morgan fingerprint density at radius 1 is 1.13 bits per heavy atom. The van der Waals surface area contributed by atoms with E-state index in [-0.39, 0.29) is 5.91 Å². The quantitative estimate of drug-likeness (QED) is 0.680. The highest BCUT2D eigenvalue weighted by atomic mass is 16.5. The topological polar surface area (TPSA) is 50.8 Å². The molecule has 0 spiro atoms. The van der Waals surface area contributed by atoms with Crippen LogP contribution in [0.25, 0.3) is 0 Å². The van der Waals surface area contributed by atoms with Crippen molar-refractivity contribution in [3.63, 3.8) is 0 Å². The van der Waals surface area contributed by atoms with Crippen LogP contribution in [0.3, 0.4) is 0 Å². The lowest BCUT2D eigenvalue weighted by molar-refractivity contribution is -0.119. The van der Waals surface area contributed by atoms with E-state index in [1.165, 1.54) is 29.5 Å². The third-order valence-electron chi connectivity index (χ3n) is 6.05. The monoisotopic (exact) mass is 408 g/mol. The van der Waals surface area contributed by atoms with Crippen LogP contribution in [0.2, 0.25) is 0 Å². The molecule has 4 rings (SSSR count). The molecular weight excluding hydrogens is 376 g/mol. The molecule has 2 aromatic carbocycles. The number of nitrogens with zero attached hydrogens (tertiary/aromatic N) is 1. The molecule has 5 nitrogen and oxygen atoms in total. The van der Waals surface area contributed by atoms with E-state index >= 15 is 0 Å². The van der Waals surface area contributed by atoms with Gasteiger partial charge in [-0.3, -0.25) is 9.69 Å². The van der Waals surface area contributed by atoms with Gasteiger partial charge in [0.1, 0.15) is 0 Å². The zero-order valence-corrected chi connectivity index (χ0v) is 18.1. The molecule has 160 valence electrons. The average Bonchev–Trinajstić information content (AvgIpc) is 3.57. The SMILES string of the molecule is COc1c(OCCC2CC2)ccc2c1CCN(Cc1ccc(CNC(C)=O)cc1)C2. The molecular formula is C25H32N2O3. The smallest absolute Gasteiger partial charge is 0.217 e. The number of hydrogen-bond acceptors (Lipinski definition) is 4. The summed E-state index contributed by atoms with van der Waals surface area (Å²) in [7, 11) is 1.75. The van der Waals surface area contributed by atoms with E-state index in [4.69, 9.17) is 9.47 Å². The molecule has 0 bridgehead atoms. The third kappa shape index (κ3) is 5.33. The summed E-state index contributed by atoms with van der Waals surface area (Å²) in [4.78, 5) is 13.5. The van der Waals surface area contributed by atoms with E-state index in [9.17, 15) is 4.79 Å². The van der Waals surface area contributed by atoms with Gasteiger partial charge in [-0.2, -0.15) is 0 Å². The van der Waals surface area contributed by atoms with Crippen LogP contribution in [0, 0.1) is 5.92 Å². The van der Waals surface area contributed by atoms with Crippen LogP contribution in [0.5, 0.6) is 11.5 Å². The molecule has 1 amide bonds. The number of carbonyl (C=O) groups is 1. The van der Waals surface area contributed by atoms with Crippen molar-refractivity contribution in [1.82, 2.24) is 10.2 Å². The zero-order valence-electron chi connectivity index (χ0n) is 18.1. The predicted molar refractivity (Wildman–Crippen MR) is 118 cm³/mol. The van der Waals surface area contributed by atoms with Crippen molar-refractivity contribution in [2.75, 3.05) is 20.3 Å². The fourth-order valence-corrected chi connectivity index (χ4v) is 4.12. The minimum Gasteiger partial charge on any atom is -0.493 e. The minimum atomic E-state index is -0.00189. The zero-order chi connectivity index (χ0) is 20.9. The van der Waals surface area contributed by atoms with Gasteiger partial charge in [0.25, 0.3) is 0 Å². The van der Waals surface area contributed by atoms with Crippen molar-refractivity contribution in [2.24, 2.45) is 5.92 Å².